The Balaban J connectivity index is 1.77. The molecule has 4 aromatic rings. The third kappa shape index (κ3) is 3.16. The van der Waals surface area contributed by atoms with Gasteiger partial charge in [0.1, 0.15) is 11.5 Å². The number of pyridine rings is 1. The van der Waals surface area contributed by atoms with Crippen molar-refractivity contribution < 1.29 is 0 Å². The molecule has 1 aromatic carbocycles. The summed E-state index contributed by atoms with van der Waals surface area (Å²) in [5.41, 5.74) is 4.51. The van der Waals surface area contributed by atoms with Gasteiger partial charge in [-0.15, -0.1) is 0 Å². The van der Waals surface area contributed by atoms with E-state index in [2.05, 4.69) is 39.3 Å². The van der Waals surface area contributed by atoms with Crippen LogP contribution in [0.3, 0.4) is 0 Å². The lowest BCUT2D eigenvalue weighted by atomic mass is 10.1. The largest absolute Gasteiger partial charge is 0.369 e. The van der Waals surface area contributed by atoms with E-state index in [1.807, 2.05) is 48.8 Å². The van der Waals surface area contributed by atoms with Gasteiger partial charge in [-0.3, -0.25) is 4.98 Å². The topological polar surface area (TPSA) is 69.7 Å². The summed E-state index contributed by atoms with van der Waals surface area (Å²) in [7, 11) is 4.11. The molecule has 0 spiro atoms. The van der Waals surface area contributed by atoms with Crippen molar-refractivity contribution in [2.24, 2.45) is 0 Å². The molecule has 3 heterocycles. The Hall–Kier alpha value is -2.99. The average molecular weight is 332 g/mol. The highest BCUT2D eigenvalue weighted by Crippen LogP contribution is 2.29. The minimum atomic E-state index is 0.828. The molecule has 6 nitrogen and oxygen atoms in total. The Bertz CT molecular complexity index is 1020. The molecule has 25 heavy (non-hydrogen) atoms. The molecule has 0 bridgehead atoms. The Morgan fingerprint density at radius 3 is 2.76 bits per heavy atom. The highest BCUT2D eigenvalue weighted by molar-refractivity contribution is 5.94. The van der Waals surface area contributed by atoms with Gasteiger partial charge in [-0.1, -0.05) is 12.1 Å². The van der Waals surface area contributed by atoms with Gasteiger partial charge >= 0.3 is 0 Å². The van der Waals surface area contributed by atoms with Crippen molar-refractivity contribution in [1.29, 1.82) is 0 Å². The van der Waals surface area contributed by atoms with Gasteiger partial charge in [0.15, 0.2) is 0 Å². The van der Waals surface area contributed by atoms with Crippen molar-refractivity contribution in [2.75, 3.05) is 32.5 Å². The summed E-state index contributed by atoms with van der Waals surface area (Å²) in [4.78, 5) is 19.3. The average Bonchev–Trinajstić information content (AvgIpc) is 3.09. The molecule has 0 amide bonds. The highest BCUT2D eigenvalue weighted by Gasteiger charge is 2.11. The summed E-state index contributed by atoms with van der Waals surface area (Å²) < 4.78 is 0. The molecule has 3 aromatic heterocycles. The zero-order valence-electron chi connectivity index (χ0n) is 14.3. The molecular weight excluding hydrogens is 312 g/mol. The van der Waals surface area contributed by atoms with Gasteiger partial charge in [0, 0.05) is 30.2 Å². The first-order chi connectivity index (χ1) is 12.2. The van der Waals surface area contributed by atoms with E-state index in [1.54, 1.807) is 0 Å². The summed E-state index contributed by atoms with van der Waals surface area (Å²) in [6.07, 6.45) is 3.73. The van der Waals surface area contributed by atoms with Crippen molar-refractivity contribution in [3.63, 3.8) is 0 Å². The lowest BCUT2D eigenvalue weighted by Crippen LogP contribution is -2.21. The summed E-state index contributed by atoms with van der Waals surface area (Å²) >= 11 is 0. The maximum absolute atomic E-state index is 4.78. The minimum Gasteiger partial charge on any atom is -0.369 e. The molecule has 0 aliphatic heterocycles. The van der Waals surface area contributed by atoms with E-state index >= 15 is 0 Å². The fraction of sp³-hybridized carbons (Fsp3) is 0.211. The van der Waals surface area contributed by atoms with Gasteiger partial charge in [0.2, 0.25) is 0 Å². The van der Waals surface area contributed by atoms with E-state index in [9.17, 15) is 0 Å². The summed E-state index contributed by atoms with van der Waals surface area (Å²) in [5, 5.41) is 4.43. The van der Waals surface area contributed by atoms with Crippen molar-refractivity contribution in [3.8, 4) is 11.3 Å². The first kappa shape index (κ1) is 15.5. The molecular formula is C19H20N6. The van der Waals surface area contributed by atoms with E-state index in [1.165, 1.54) is 0 Å². The second-order valence-corrected chi connectivity index (χ2v) is 6.27. The van der Waals surface area contributed by atoms with E-state index in [-0.39, 0.29) is 0 Å². The quantitative estimate of drug-likeness (QED) is 0.587. The second kappa shape index (κ2) is 6.49. The summed E-state index contributed by atoms with van der Waals surface area (Å²) in [6, 6.07) is 12.0. The van der Waals surface area contributed by atoms with Crippen LogP contribution in [0.25, 0.3) is 33.3 Å². The molecule has 2 N–H and O–H groups in total. The van der Waals surface area contributed by atoms with Crippen LogP contribution in [0, 0.1) is 0 Å². The SMILES string of the molecule is CN(C)CCNc1cc(-c2cnc3ccccc3n2)c2cc[nH]c2n1. The molecule has 0 atom stereocenters. The van der Waals surface area contributed by atoms with Crippen LogP contribution in [-0.2, 0) is 0 Å². The Kier molecular flexibility index (Phi) is 4.03. The maximum Gasteiger partial charge on any atom is 0.140 e. The molecule has 126 valence electrons. The van der Waals surface area contributed by atoms with Gasteiger partial charge in [-0.2, -0.15) is 0 Å². The second-order valence-electron chi connectivity index (χ2n) is 6.27. The first-order valence-corrected chi connectivity index (χ1v) is 8.29. The fourth-order valence-electron chi connectivity index (χ4n) is 2.83. The van der Waals surface area contributed by atoms with Crippen LogP contribution in [0.5, 0.6) is 0 Å². The number of likely N-dealkylation sites (N-methyl/N-ethyl adjacent to an activating group) is 1. The van der Waals surface area contributed by atoms with Crippen LogP contribution in [-0.4, -0.2) is 52.0 Å². The number of H-pyrrole nitrogens is 1. The molecule has 0 fully saturated rings. The fourth-order valence-corrected chi connectivity index (χ4v) is 2.83. The number of hydrogen-bond acceptors (Lipinski definition) is 5. The van der Waals surface area contributed by atoms with Gasteiger partial charge in [0.05, 0.1) is 22.9 Å². The Morgan fingerprint density at radius 1 is 1.08 bits per heavy atom. The Morgan fingerprint density at radius 2 is 1.92 bits per heavy atom. The predicted molar refractivity (Wildman–Crippen MR) is 102 cm³/mol. The van der Waals surface area contributed by atoms with E-state index < -0.39 is 0 Å². The van der Waals surface area contributed by atoms with Crippen LogP contribution >= 0.6 is 0 Å². The first-order valence-electron chi connectivity index (χ1n) is 8.29. The van der Waals surface area contributed by atoms with Crippen LogP contribution < -0.4 is 5.32 Å². The van der Waals surface area contributed by atoms with Gasteiger partial charge in [-0.05, 0) is 38.4 Å². The zero-order valence-corrected chi connectivity index (χ0v) is 14.3. The van der Waals surface area contributed by atoms with Crippen molar-refractivity contribution >= 4 is 27.9 Å². The minimum absolute atomic E-state index is 0.828. The zero-order chi connectivity index (χ0) is 17.2. The summed E-state index contributed by atoms with van der Waals surface area (Å²) in [5.74, 6) is 0.835. The van der Waals surface area contributed by atoms with Crippen molar-refractivity contribution in [3.05, 3.63) is 48.8 Å². The standard InChI is InChI=1S/C19H20N6/c1-25(2)10-9-20-18-11-14(13-7-8-21-19(13)24-18)17-12-22-15-5-3-4-6-16(15)23-17/h3-8,11-12H,9-10H2,1-2H3,(H2,20,21,24). The number of fused-ring (bicyclic) bond motifs is 2. The Labute approximate surface area is 145 Å². The van der Waals surface area contributed by atoms with Crippen LogP contribution in [0.2, 0.25) is 0 Å². The third-order valence-corrected chi connectivity index (χ3v) is 4.12. The smallest absolute Gasteiger partial charge is 0.140 e. The number of hydrogen-bond donors (Lipinski definition) is 2. The lowest BCUT2D eigenvalue weighted by Gasteiger charge is -2.12. The summed E-state index contributed by atoms with van der Waals surface area (Å²) in [6.45, 7) is 1.77. The normalized spacial score (nSPS) is 11.5. The van der Waals surface area contributed by atoms with E-state index in [0.29, 0.717) is 0 Å². The maximum atomic E-state index is 4.78. The van der Waals surface area contributed by atoms with Gasteiger partial charge in [0.25, 0.3) is 0 Å². The molecule has 0 aliphatic rings. The molecule has 6 heteroatoms. The number of nitrogens with zero attached hydrogens (tertiary/aromatic N) is 4. The van der Waals surface area contributed by atoms with Gasteiger partial charge < -0.3 is 15.2 Å². The van der Waals surface area contributed by atoms with E-state index in [0.717, 1.165) is 52.2 Å². The molecule has 4 rings (SSSR count). The number of para-hydroxylation sites is 2. The highest BCUT2D eigenvalue weighted by atomic mass is 15.1. The van der Waals surface area contributed by atoms with Crippen LogP contribution in [0.4, 0.5) is 5.82 Å². The number of nitrogens with one attached hydrogen (secondary N) is 2. The predicted octanol–water partition coefficient (Wildman–Crippen LogP) is 3.15. The molecule has 0 saturated heterocycles. The number of benzene rings is 1. The monoisotopic (exact) mass is 332 g/mol. The van der Waals surface area contributed by atoms with E-state index in [4.69, 9.17) is 4.98 Å². The molecule has 0 radical (unpaired) electrons. The number of aromatic amines is 1. The molecule has 0 unspecified atom stereocenters. The van der Waals surface area contributed by atoms with Crippen LogP contribution in [0.1, 0.15) is 0 Å². The van der Waals surface area contributed by atoms with Crippen LogP contribution in [0.15, 0.2) is 48.8 Å². The van der Waals surface area contributed by atoms with Gasteiger partial charge in [-0.25, -0.2) is 9.97 Å². The number of anilines is 1. The van der Waals surface area contributed by atoms with Crippen molar-refractivity contribution in [1.82, 2.24) is 24.8 Å². The van der Waals surface area contributed by atoms with Crippen molar-refractivity contribution in [2.45, 2.75) is 0 Å². The lowest BCUT2D eigenvalue weighted by molar-refractivity contribution is 0.425. The molecule has 0 saturated carbocycles. The number of aromatic nitrogens is 4. The number of rotatable bonds is 5. The third-order valence-electron chi connectivity index (χ3n) is 4.12. The molecule has 0 aliphatic carbocycles.